The second-order valence-corrected chi connectivity index (χ2v) is 10.3. The van der Waals surface area contributed by atoms with Gasteiger partial charge in [-0.25, -0.2) is 0 Å². The number of rotatable bonds is 7. The van der Waals surface area contributed by atoms with Crippen molar-refractivity contribution >= 4 is 81.2 Å². The number of nitro benzene ring substituents is 1. The average molecular weight is 560 g/mol. The van der Waals surface area contributed by atoms with Gasteiger partial charge in [-0.15, -0.1) is 0 Å². The minimum absolute atomic E-state index is 0.0618. The van der Waals surface area contributed by atoms with Crippen molar-refractivity contribution in [3.05, 3.63) is 97.4 Å². The summed E-state index contributed by atoms with van der Waals surface area (Å²) < 4.78 is 0. The molecule has 0 spiro atoms. The number of benzene rings is 3. The quantitative estimate of drug-likeness (QED) is 0.194. The van der Waals surface area contributed by atoms with E-state index < -0.39 is 28.5 Å². The van der Waals surface area contributed by atoms with Crippen molar-refractivity contribution in [3.63, 3.8) is 0 Å². The average Bonchev–Trinajstić information content (AvgIpc) is 3.10. The third kappa shape index (κ3) is 6.27. The Hall–Kier alpha value is -3.31. The third-order valence-electron chi connectivity index (χ3n) is 4.82. The summed E-state index contributed by atoms with van der Waals surface area (Å²) in [5.41, 5.74) is 0.694. The normalized spacial score (nSPS) is 14.4. The molecule has 12 heteroatoms. The number of hydrogen-bond donors (Lipinski definition) is 1. The van der Waals surface area contributed by atoms with Gasteiger partial charge in [-0.3, -0.25) is 29.4 Å². The van der Waals surface area contributed by atoms with Gasteiger partial charge in [0.25, 0.3) is 16.8 Å². The fraction of sp³-hybridized carbons (Fsp3) is 0.0417. The van der Waals surface area contributed by atoms with Crippen LogP contribution in [-0.4, -0.2) is 33.4 Å². The summed E-state index contributed by atoms with van der Waals surface area (Å²) in [6.45, 7) is -0.471. The Morgan fingerprint density at radius 1 is 1.03 bits per heavy atom. The smallest absolute Gasteiger partial charge is 0.294 e. The van der Waals surface area contributed by atoms with Gasteiger partial charge in [0.15, 0.2) is 0 Å². The van der Waals surface area contributed by atoms with Crippen LogP contribution in [0.5, 0.6) is 0 Å². The predicted molar refractivity (Wildman–Crippen MR) is 141 cm³/mol. The first-order chi connectivity index (χ1) is 17.2. The van der Waals surface area contributed by atoms with Crippen LogP contribution >= 0.6 is 46.7 Å². The molecule has 3 amide bonds. The van der Waals surface area contributed by atoms with E-state index in [0.717, 1.165) is 9.80 Å². The van der Waals surface area contributed by atoms with Crippen molar-refractivity contribution < 1.29 is 19.3 Å². The first-order valence-corrected chi connectivity index (χ1v) is 12.6. The highest BCUT2D eigenvalue weighted by molar-refractivity contribution is 8.18. The number of nitro groups is 1. The number of nitrogens with zero attached hydrogens (tertiary/aromatic N) is 2. The summed E-state index contributed by atoms with van der Waals surface area (Å²) in [6, 6.07) is 17.8. The van der Waals surface area contributed by atoms with Gasteiger partial charge in [-0.1, -0.05) is 41.0 Å². The molecule has 0 aromatic heterocycles. The number of imide groups is 1. The standard InChI is InChI=1S/C24H15Cl2N3O5S2/c25-15-2-6-17(7-3-15)27-22(30)13-28-23(31)21(36-24(28)32)12-14-1-10-20(19(11-14)29(33)34)35-18-8-4-16(26)5-9-18/h1-12H,13H2,(H,27,30)/b21-12-. The van der Waals surface area contributed by atoms with Gasteiger partial charge in [0, 0.05) is 26.7 Å². The van der Waals surface area contributed by atoms with Crippen LogP contribution in [0.3, 0.4) is 0 Å². The summed E-state index contributed by atoms with van der Waals surface area (Å²) in [4.78, 5) is 50.7. The highest BCUT2D eigenvalue weighted by atomic mass is 35.5. The number of anilines is 1. The van der Waals surface area contributed by atoms with E-state index >= 15 is 0 Å². The zero-order chi connectivity index (χ0) is 25.8. The molecule has 0 radical (unpaired) electrons. The van der Waals surface area contributed by atoms with Gasteiger partial charge in [-0.05, 0) is 78.0 Å². The number of carbonyl (C=O) groups is 3. The maximum Gasteiger partial charge on any atom is 0.294 e. The zero-order valence-corrected chi connectivity index (χ0v) is 21.3. The maximum atomic E-state index is 12.8. The summed E-state index contributed by atoms with van der Waals surface area (Å²) in [5.74, 6) is -1.21. The van der Waals surface area contributed by atoms with Crippen LogP contribution in [0.4, 0.5) is 16.2 Å². The number of nitrogens with one attached hydrogen (secondary N) is 1. The molecule has 1 saturated heterocycles. The Bertz CT molecular complexity index is 1400. The summed E-state index contributed by atoms with van der Waals surface area (Å²) in [5, 5.41) is 14.7. The topological polar surface area (TPSA) is 110 Å². The number of halogens is 2. The van der Waals surface area contributed by atoms with Crippen molar-refractivity contribution in [1.29, 1.82) is 0 Å². The van der Waals surface area contributed by atoms with E-state index in [1.165, 1.54) is 23.9 Å². The summed E-state index contributed by atoms with van der Waals surface area (Å²) in [7, 11) is 0. The van der Waals surface area contributed by atoms with Gasteiger partial charge in [0.2, 0.25) is 5.91 Å². The molecule has 0 bridgehead atoms. The van der Waals surface area contributed by atoms with Crippen molar-refractivity contribution in [1.82, 2.24) is 4.90 Å². The van der Waals surface area contributed by atoms with E-state index in [9.17, 15) is 24.5 Å². The lowest BCUT2D eigenvalue weighted by Crippen LogP contribution is -2.36. The summed E-state index contributed by atoms with van der Waals surface area (Å²) >= 11 is 13.6. The lowest BCUT2D eigenvalue weighted by atomic mass is 10.2. The Morgan fingerprint density at radius 2 is 1.67 bits per heavy atom. The van der Waals surface area contributed by atoms with Crippen LogP contribution in [0.15, 0.2) is 81.4 Å². The van der Waals surface area contributed by atoms with E-state index in [-0.39, 0.29) is 10.6 Å². The fourth-order valence-electron chi connectivity index (χ4n) is 3.15. The fourth-order valence-corrected chi connectivity index (χ4v) is 5.14. The molecule has 0 aliphatic carbocycles. The first-order valence-electron chi connectivity index (χ1n) is 10.2. The number of hydrogen-bond acceptors (Lipinski definition) is 7. The SMILES string of the molecule is O=C(CN1C(=O)S/C(=C\c2ccc(Sc3ccc(Cl)cc3)c([N+](=O)[O-])c2)C1=O)Nc1ccc(Cl)cc1. The van der Waals surface area contributed by atoms with Crippen molar-refractivity contribution in [2.75, 3.05) is 11.9 Å². The van der Waals surface area contributed by atoms with E-state index in [0.29, 0.717) is 38.0 Å². The lowest BCUT2D eigenvalue weighted by Gasteiger charge is -2.12. The Labute approximate surface area is 223 Å². The Morgan fingerprint density at radius 3 is 2.31 bits per heavy atom. The van der Waals surface area contributed by atoms with E-state index in [2.05, 4.69) is 5.32 Å². The molecule has 1 heterocycles. The molecule has 1 aliphatic heterocycles. The van der Waals surface area contributed by atoms with Crippen molar-refractivity contribution in [2.45, 2.75) is 9.79 Å². The van der Waals surface area contributed by atoms with E-state index in [1.807, 2.05) is 0 Å². The molecule has 1 N–H and O–H groups in total. The second kappa shape index (κ2) is 11.2. The van der Waals surface area contributed by atoms with Crippen LogP contribution in [0.2, 0.25) is 10.0 Å². The molecule has 0 unspecified atom stereocenters. The van der Waals surface area contributed by atoms with Gasteiger partial charge in [0.05, 0.1) is 14.7 Å². The van der Waals surface area contributed by atoms with Crippen LogP contribution in [-0.2, 0) is 9.59 Å². The molecular weight excluding hydrogens is 545 g/mol. The minimum Gasteiger partial charge on any atom is -0.325 e. The highest BCUT2D eigenvalue weighted by Gasteiger charge is 2.36. The minimum atomic E-state index is -0.654. The van der Waals surface area contributed by atoms with Crippen molar-refractivity contribution in [3.8, 4) is 0 Å². The number of thioether (sulfide) groups is 1. The molecular formula is C24H15Cl2N3O5S2. The molecule has 4 rings (SSSR count). The zero-order valence-electron chi connectivity index (χ0n) is 18.1. The van der Waals surface area contributed by atoms with Crippen LogP contribution in [0, 0.1) is 10.1 Å². The van der Waals surface area contributed by atoms with E-state index in [4.69, 9.17) is 23.2 Å². The number of amides is 3. The predicted octanol–water partition coefficient (Wildman–Crippen LogP) is 6.73. The maximum absolute atomic E-state index is 12.8. The molecule has 3 aromatic carbocycles. The van der Waals surface area contributed by atoms with Gasteiger partial charge in [-0.2, -0.15) is 0 Å². The van der Waals surface area contributed by atoms with Crippen LogP contribution in [0.1, 0.15) is 5.56 Å². The highest BCUT2D eigenvalue weighted by Crippen LogP contribution is 2.37. The Balaban J connectivity index is 1.49. The first kappa shape index (κ1) is 25.8. The van der Waals surface area contributed by atoms with Gasteiger partial charge < -0.3 is 5.32 Å². The number of carbonyl (C=O) groups excluding carboxylic acids is 3. The molecule has 1 fully saturated rings. The van der Waals surface area contributed by atoms with Crippen LogP contribution < -0.4 is 5.32 Å². The Kier molecular flexibility index (Phi) is 8.00. The molecule has 36 heavy (non-hydrogen) atoms. The molecule has 3 aromatic rings. The van der Waals surface area contributed by atoms with Gasteiger partial charge >= 0.3 is 0 Å². The second-order valence-electron chi connectivity index (χ2n) is 7.36. The summed E-state index contributed by atoms with van der Waals surface area (Å²) in [6.07, 6.45) is 1.39. The molecule has 1 aliphatic rings. The third-order valence-corrected chi connectivity index (χ3v) is 7.31. The van der Waals surface area contributed by atoms with E-state index in [1.54, 1.807) is 60.7 Å². The molecule has 182 valence electrons. The van der Waals surface area contributed by atoms with Gasteiger partial charge in [0.1, 0.15) is 6.54 Å². The largest absolute Gasteiger partial charge is 0.325 e. The molecule has 0 atom stereocenters. The van der Waals surface area contributed by atoms with Crippen LogP contribution in [0.25, 0.3) is 6.08 Å². The lowest BCUT2D eigenvalue weighted by molar-refractivity contribution is -0.387. The molecule has 0 saturated carbocycles. The molecule has 8 nitrogen and oxygen atoms in total. The monoisotopic (exact) mass is 559 g/mol. The van der Waals surface area contributed by atoms with Crippen molar-refractivity contribution in [2.24, 2.45) is 0 Å².